The van der Waals surface area contributed by atoms with Crippen molar-refractivity contribution in [2.45, 2.75) is 25.4 Å². The number of unbranched alkanes of at least 4 members (excludes halogenated alkanes) is 1. The van der Waals surface area contributed by atoms with Gasteiger partial charge in [0.2, 0.25) is 5.91 Å². The van der Waals surface area contributed by atoms with Crippen LogP contribution in [-0.2, 0) is 9.53 Å². The van der Waals surface area contributed by atoms with E-state index in [1.807, 2.05) is 0 Å². The molecule has 96 valence electrons. The molecule has 0 heterocycles. The van der Waals surface area contributed by atoms with E-state index >= 15 is 0 Å². The highest BCUT2D eigenvalue weighted by Gasteiger charge is 2.27. The zero-order valence-corrected chi connectivity index (χ0v) is 10.4. The van der Waals surface area contributed by atoms with E-state index in [1.165, 1.54) is 0 Å². The monoisotopic (exact) mass is 305 g/mol. The van der Waals surface area contributed by atoms with Crippen LogP contribution in [0.15, 0.2) is 0 Å². The van der Waals surface area contributed by atoms with Crippen molar-refractivity contribution in [2.24, 2.45) is 0 Å². The second kappa shape index (κ2) is 8.81. The molecule has 7 heteroatoms. The van der Waals surface area contributed by atoms with E-state index in [-0.39, 0.29) is 19.1 Å². The maximum atomic E-state index is 11.6. The van der Waals surface area contributed by atoms with Gasteiger partial charge in [-0.15, -0.1) is 0 Å². The molecule has 16 heavy (non-hydrogen) atoms. The van der Waals surface area contributed by atoms with E-state index in [4.69, 9.17) is 0 Å². The van der Waals surface area contributed by atoms with Crippen LogP contribution in [-0.4, -0.2) is 37.2 Å². The first-order valence-corrected chi connectivity index (χ1v) is 6.05. The predicted octanol–water partition coefficient (Wildman–Crippen LogP) is 2.25. The Kier molecular flexibility index (Phi) is 8.64. The summed E-state index contributed by atoms with van der Waals surface area (Å²) in [6, 6.07) is 0. The molecule has 0 aromatic rings. The number of ether oxygens (including phenoxy) is 1. The van der Waals surface area contributed by atoms with Crippen molar-refractivity contribution in [2.75, 3.05) is 25.1 Å². The third-order valence-electron chi connectivity index (χ3n) is 1.62. The number of hydrogen-bond acceptors (Lipinski definition) is 2. The molecule has 1 N–H and O–H groups in total. The van der Waals surface area contributed by atoms with Crippen LogP contribution < -0.4 is 5.32 Å². The van der Waals surface area contributed by atoms with E-state index in [2.05, 4.69) is 26.0 Å². The van der Waals surface area contributed by atoms with Gasteiger partial charge < -0.3 is 10.1 Å². The molecule has 0 saturated heterocycles. The molecule has 0 saturated carbocycles. The molecule has 0 bridgehead atoms. The first-order valence-electron chi connectivity index (χ1n) is 4.93. The normalized spacial score (nSPS) is 11.5. The highest BCUT2D eigenvalue weighted by Crippen LogP contribution is 2.13. The summed E-state index contributed by atoms with van der Waals surface area (Å²) in [6.45, 7) is -1.28. The Morgan fingerprint density at radius 2 is 2.00 bits per heavy atom. The number of rotatable bonds is 8. The van der Waals surface area contributed by atoms with Gasteiger partial charge in [0.05, 0.1) is 6.61 Å². The molecule has 0 aliphatic carbocycles. The van der Waals surface area contributed by atoms with Crippen molar-refractivity contribution < 1.29 is 22.7 Å². The fraction of sp³-hybridized carbons (Fsp3) is 0.889. The Morgan fingerprint density at radius 1 is 1.31 bits per heavy atom. The van der Waals surface area contributed by atoms with E-state index in [1.54, 1.807) is 0 Å². The summed E-state index contributed by atoms with van der Waals surface area (Å²) >= 11 is 3.23. The van der Waals surface area contributed by atoms with E-state index in [0.717, 1.165) is 18.2 Å². The number of halogens is 4. The molecule has 0 atom stereocenters. The van der Waals surface area contributed by atoms with Crippen molar-refractivity contribution >= 4 is 21.8 Å². The van der Waals surface area contributed by atoms with E-state index in [9.17, 15) is 18.0 Å². The van der Waals surface area contributed by atoms with Gasteiger partial charge in [0.15, 0.2) is 0 Å². The SMILES string of the molecule is O=C(CCCCBr)NCCOCC(F)(F)F. The molecule has 0 radical (unpaired) electrons. The van der Waals surface area contributed by atoms with Crippen LogP contribution in [0.3, 0.4) is 0 Å². The lowest BCUT2D eigenvalue weighted by molar-refractivity contribution is -0.173. The maximum Gasteiger partial charge on any atom is 0.411 e. The van der Waals surface area contributed by atoms with E-state index in [0.29, 0.717) is 6.42 Å². The van der Waals surface area contributed by atoms with Crippen LogP contribution in [0.4, 0.5) is 13.2 Å². The number of hydrogen-bond donors (Lipinski definition) is 1. The second-order valence-corrected chi connectivity index (χ2v) is 3.96. The molecule has 0 aliphatic heterocycles. The molecular formula is C9H15BrF3NO2. The smallest absolute Gasteiger partial charge is 0.370 e. The first kappa shape index (κ1) is 15.7. The summed E-state index contributed by atoms with van der Waals surface area (Å²) in [5.74, 6) is -0.156. The fourth-order valence-electron chi connectivity index (χ4n) is 0.919. The highest BCUT2D eigenvalue weighted by molar-refractivity contribution is 9.09. The average Bonchev–Trinajstić information content (AvgIpc) is 2.16. The Hall–Kier alpha value is -0.300. The number of carbonyl (C=O) groups is 1. The minimum Gasteiger partial charge on any atom is -0.370 e. The molecule has 0 aromatic carbocycles. The summed E-state index contributed by atoms with van der Waals surface area (Å²) < 4.78 is 39.2. The molecule has 0 aromatic heterocycles. The highest BCUT2D eigenvalue weighted by atomic mass is 79.9. The van der Waals surface area contributed by atoms with Crippen LogP contribution in [0.1, 0.15) is 19.3 Å². The van der Waals surface area contributed by atoms with Crippen molar-refractivity contribution in [3.05, 3.63) is 0 Å². The minimum absolute atomic E-state index is 0.114. The van der Waals surface area contributed by atoms with Gasteiger partial charge in [-0.05, 0) is 12.8 Å². The summed E-state index contributed by atoms with van der Waals surface area (Å²) in [7, 11) is 0. The third-order valence-corrected chi connectivity index (χ3v) is 2.18. The number of carbonyl (C=O) groups excluding carboxylic acids is 1. The molecule has 0 fully saturated rings. The largest absolute Gasteiger partial charge is 0.411 e. The van der Waals surface area contributed by atoms with Crippen LogP contribution >= 0.6 is 15.9 Å². The molecule has 0 rings (SSSR count). The van der Waals surface area contributed by atoms with Gasteiger partial charge in [0.25, 0.3) is 0 Å². The van der Waals surface area contributed by atoms with Crippen LogP contribution in [0.5, 0.6) is 0 Å². The van der Waals surface area contributed by atoms with Gasteiger partial charge in [-0.1, -0.05) is 15.9 Å². The topological polar surface area (TPSA) is 38.3 Å². The number of amides is 1. The quantitative estimate of drug-likeness (QED) is 0.552. The van der Waals surface area contributed by atoms with E-state index < -0.39 is 12.8 Å². The van der Waals surface area contributed by atoms with Gasteiger partial charge in [-0.2, -0.15) is 13.2 Å². The third kappa shape index (κ3) is 11.8. The standard InChI is InChI=1S/C9H15BrF3NO2/c10-4-2-1-3-8(15)14-5-6-16-7-9(11,12)13/h1-7H2,(H,14,15). The molecule has 0 aliphatic rings. The van der Waals surface area contributed by atoms with Gasteiger partial charge >= 0.3 is 6.18 Å². The second-order valence-electron chi connectivity index (χ2n) is 3.16. The van der Waals surface area contributed by atoms with Crippen molar-refractivity contribution in [3.8, 4) is 0 Å². The van der Waals surface area contributed by atoms with Crippen molar-refractivity contribution in [3.63, 3.8) is 0 Å². The number of alkyl halides is 4. The summed E-state index contributed by atoms with van der Waals surface area (Å²) in [6.07, 6.45) is -2.25. The lowest BCUT2D eigenvalue weighted by atomic mass is 10.2. The Bertz CT molecular complexity index is 200. The van der Waals surface area contributed by atoms with Gasteiger partial charge in [0.1, 0.15) is 6.61 Å². The first-order chi connectivity index (χ1) is 7.45. The lowest BCUT2D eigenvalue weighted by Gasteiger charge is -2.08. The number of nitrogens with one attached hydrogen (secondary N) is 1. The average molecular weight is 306 g/mol. The zero-order valence-electron chi connectivity index (χ0n) is 8.78. The molecule has 3 nitrogen and oxygen atoms in total. The van der Waals surface area contributed by atoms with Gasteiger partial charge in [-0.3, -0.25) is 4.79 Å². The molecule has 0 unspecified atom stereocenters. The van der Waals surface area contributed by atoms with Crippen LogP contribution in [0, 0.1) is 0 Å². The molecular weight excluding hydrogens is 291 g/mol. The zero-order chi connectivity index (χ0) is 12.4. The Balaban J connectivity index is 3.28. The van der Waals surface area contributed by atoms with Crippen molar-refractivity contribution in [1.82, 2.24) is 5.32 Å². The molecule has 0 spiro atoms. The fourth-order valence-corrected chi connectivity index (χ4v) is 1.32. The lowest BCUT2D eigenvalue weighted by Crippen LogP contribution is -2.28. The summed E-state index contributed by atoms with van der Waals surface area (Å²) in [5, 5.41) is 3.32. The predicted molar refractivity (Wildman–Crippen MR) is 57.5 cm³/mol. The Morgan fingerprint density at radius 3 is 2.56 bits per heavy atom. The molecule has 1 amide bonds. The Labute approximate surface area is 101 Å². The van der Waals surface area contributed by atoms with Gasteiger partial charge in [-0.25, -0.2) is 0 Å². The minimum atomic E-state index is -4.31. The van der Waals surface area contributed by atoms with Gasteiger partial charge in [0, 0.05) is 18.3 Å². The van der Waals surface area contributed by atoms with Crippen LogP contribution in [0.2, 0.25) is 0 Å². The summed E-state index contributed by atoms with van der Waals surface area (Å²) in [5.41, 5.74) is 0. The van der Waals surface area contributed by atoms with Crippen LogP contribution in [0.25, 0.3) is 0 Å². The maximum absolute atomic E-state index is 11.6. The summed E-state index contributed by atoms with van der Waals surface area (Å²) in [4.78, 5) is 11.1. The van der Waals surface area contributed by atoms with Crippen molar-refractivity contribution in [1.29, 1.82) is 0 Å².